The summed E-state index contributed by atoms with van der Waals surface area (Å²) in [5.74, 6) is -1.17. The Labute approximate surface area is 170 Å². The van der Waals surface area contributed by atoms with Crippen LogP contribution in [0, 0.1) is 0 Å². The number of aliphatic hydroxyl groups is 4. The van der Waals surface area contributed by atoms with Crippen molar-refractivity contribution in [1.82, 2.24) is 0 Å². The zero-order valence-electron chi connectivity index (χ0n) is 18.2. The molecule has 0 aliphatic rings. The Kier molecular flexibility index (Phi) is 32.8. The van der Waals surface area contributed by atoms with E-state index in [-0.39, 0.29) is 58.8 Å². The van der Waals surface area contributed by atoms with E-state index in [1.54, 1.807) is 48.5 Å². The summed E-state index contributed by atoms with van der Waals surface area (Å²) in [5.41, 5.74) is 0. The van der Waals surface area contributed by atoms with E-state index in [9.17, 15) is 5.11 Å². The molecule has 1 atom stereocenters. The van der Waals surface area contributed by atoms with E-state index in [0.29, 0.717) is 0 Å². The van der Waals surface area contributed by atoms with Crippen molar-refractivity contribution in [3.63, 3.8) is 0 Å². The van der Waals surface area contributed by atoms with Crippen molar-refractivity contribution in [2.45, 2.75) is 112 Å². The third-order valence-corrected chi connectivity index (χ3v) is 1.17. The van der Waals surface area contributed by atoms with Crippen LogP contribution in [0.25, 0.3) is 0 Å². The van der Waals surface area contributed by atoms with Crippen LogP contribution in [0.4, 0.5) is 0 Å². The van der Waals surface area contributed by atoms with Gasteiger partial charge >= 0.3 is 0 Å². The van der Waals surface area contributed by atoms with Crippen LogP contribution in [0.5, 0.6) is 0 Å². The van der Waals surface area contributed by atoms with Gasteiger partial charge in [-0.15, -0.1) is 0 Å². The first-order valence-corrected chi connectivity index (χ1v) is 8.59. The van der Waals surface area contributed by atoms with Crippen LogP contribution in [-0.2, 0) is 31.2 Å². The molecule has 0 aromatic rings. The molecule has 0 aliphatic carbocycles. The Bertz CT molecular complexity index is 209. The zero-order chi connectivity index (χ0) is 20.5. The number of hydrogen-bond donors (Lipinski definition) is 4. The second kappa shape index (κ2) is 22.5. The molecule has 7 heteroatoms. The summed E-state index contributed by atoms with van der Waals surface area (Å²) < 4.78 is 10.5. The molecule has 0 rings (SSSR count). The van der Waals surface area contributed by atoms with Gasteiger partial charge in [0.25, 0.3) is 0 Å². The Morgan fingerprint density at radius 3 is 1.08 bits per heavy atom. The molecule has 4 N–H and O–H groups in total. The summed E-state index contributed by atoms with van der Waals surface area (Å²) in [6.45, 7) is 19.8. The molecule has 0 spiro atoms. The van der Waals surface area contributed by atoms with Crippen molar-refractivity contribution in [3.8, 4) is 0 Å². The second-order valence-electron chi connectivity index (χ2n) is 6.98. The average Bonchev–Trinajstić information content (AvgIpc) is 2.22. The molecule has 0 fully saturated rings. The topological polar surface area (TPSA) is 99.4 Å². The zero-order valence-corrected chi connectivity index (χ0v) is 19.8. The molecule has 0 saturated carbocycles. The van der Waals surface area contributed by atoms with Crippen LogP contribution in [0.15, 0.2) is 0 Å². The molecule has 0 saturated heterocycles. The summed E-state index contributed by atoms with van der Waals surface area (Å²) in [5, 5.41) is 33.8. The summed E-state index contributed by atoms with van der Waals surface area (Å²) >= 11 is 0. The molecule has 0 radical (unpaired) electrons. The molecule has 6 nitrogen and oxygen atoms in total. The van der Waals surface area contributed by atoms with Crippen molar-refractivity contribution in [2.24, 2.45) is 0 Å². The van der Waals surface area contributed by atoms with Crippen molar-refractivity contribution in [2.75, 3.05) is 6.61 Å². The molecule has 156 valence electrons. The SMILES string of the molecule is CC(C)O.CC(C)O.CC(C)O.CC(C)OCC(C)(O)OC(C)C.[Ti]. The smallest absolute Gasteiger partial charge is 0.186 e. The van der Waals surface area contributed by atoms with Crippen LogP contribution in [0.3, 0.4) is 0 Å². The van der Waals surface area contributed by atoms with Crippen LogP contribution in [0.1, 0.15) is 76.2 Å². The van der Waals surface area contributed by atoms with Crippen molar-refractivity contribution < 1.29 is 51.6 Å². The first kappa shape index (κ1) is 36.4. The van der Waals surface area contributed by atoms with Gasteiger partial charge in [-0.1, -0.05) is 0 Å². The number of hydrogen-bond acceptors (Lipinski definition) is 6. The molecule has 0 aromatic heterocycles. The minimum atomic E-state index is -1.17. The van der Waals surface area contributed by atoms with E-state index < -0.39 is 5.79 Å². The summed E-state index contributed by atoms with van der Waals surface area (Å²) in [7, 11) is 0. The maximum Gasteiger partial charge on any atom is 0.186 e. The fourth-order valence-corrected chi connectivity index (χ4v) is 0.863. The molecule has 1 unspecified atom stereocenters. The van der Waals surface area contributed by atoms with Crippen molar-refractivity contribution in [1.29, 1.82) is 0 Å². The second-order valence-corrected chi connectivity index (χ2v) is 6.98. The Morgan fingerprint density at radius 1 is 0.680 bits per heavy atom. The Morgan fingerprint density at radius 2 is 0.920 bits per heavy atom. The fourth-order valence-electron chi connectivity index (χ4n) is 0.863. The van der Waals surface area contributed by atoms with Crippen LogP contribution in [0.2, 0.25) is 0 Å². The maximum atomic E-state index is 9.59. The Balaban J connectivity index is -0.0000000850. The molecule has 0 aliphatic heterocycles. The average molecular weight is 404 g/mol. The molecular formula is C18H44O6Ti. The van der Waals surface area contributed by atoms with Gasteiger partial charge in [-0.05, 0) is 76.2 Å². The van der Waals surface area contributed by atoms with Crippen molar-refractivity contribution in [3.05, 3.63) is 0 Å². The van der Waals surface area contributed by atoms with E-state index in [1.807, 2.05) is 27.7 Å². The van der Waals surface area contributed by atoms with Gasteiger partial charge in [0.15, 0.2) is 5.79 Å². The van der Waals surface area contributed by atoms with E-state index in [4.69, 9.17) is 24.8 Å². The van der Waals surface area contributed by atoms with E-state index in [0.717, 1.165) is 0 Å². The minimum absolute atomic E-state index is 0. The number of ether oxygens (including phenoxy) is 2. The predicted molar refractivity (Wildman–Crippen MR) is 100.0 cm³/mol. The van der Waals surface area contributed by atoms with Crippen LogP contribution < -0.4 is 0 Å². The summed E-state index contributed by atoms with van der Waals surface area (Å²) in [6, 6.07) is 0. The molecule has 0 amide bonds. The first-order valence-electron chi connectivity index (χ1n) is 8.59. The maximum absolute atomic E-state index is 9.59. The van der Waals surface area contributed by atoms with Gasteiger partial charge in [0.2, 0.25) is 0 Å². The Hall–Kier alpha value is 0.474. The van der Waals surface area contributed by atoms with Gasteiger partial charge in [-0.25, -0.2) is 0 Å². The largest absolute Gasteiger partial charge is 0.394 e. The van der Waals surface area contributed by atoms with Gasteiger partial charge in [0.05, 0.1) is 12.2 Å². The van der Waals surface area contributed by atoms with Gasteiger partial charge < -0.3 is 29.9 Å². The number of aliphatic hydroxyl groups excluding tert-OH is 3. The summed E-state index contributed by atoms with van der Waals surface area (Å²) in [4.78, 5) is 0. The molecule has 0 bridgehead atoms. The molecule has 25 heavy (non-hydrogen) atoms. The van der Waals surface area contributed by atoms with Gasteiger partial charge in [-0.3, -0.25) is 0 Å². The quantitative estimate of drug-likeness (QED) is 0.415. The first-order chi connectivity index (χ1) is 10.5. The fraction of sp³-hybridized carbons (Fsp3) is 1.00. The normalized spacial score (nSPS) is 12.5. The van der Waals surface area contributed by atoms with Crippen LogP contribution in [-0.4, -0.2) is 63.3 Å². The number of rotatable bonds is 5. The predicted octanol–water partition coefficient (Wildman–Crippen LogP) is 2.70. The third-order valence-electron chi connectivity index (χ3n) is 1.17. The van der Waals surface area contributed by atoms with Crippen LogP contribution >= 0.6 is 0 Å². The van der Waals surface area contributed by atoms with E-state index >= 15 is 0 Å². The van der Waals surface area contributed by atoms with Gasteiger partial charge in [-0.2, -0.15) is 0 Å². The monoisotopic (exact) mass is 404 g/mol. The van der Waals surface area contributed by atoms with Gasteiger partial charge in [0.1, 0.15) is 6.61 Å². The van der Waals surface area contributed by atoms with E-state index in [2.05, 4.69) is 0 Å². The summed E-state index contributed by atoms with van der Waals surface area (Å²) in [6.07, 6.45) is -0.372. The molecular weight excluding hydrogens is 360 g/mol. The van der Waals surface area contributed by atoms with E-state index in [1.165, 1.54) is 0 Å². The third kappa shape index (κ3) is 93.9. The van der Waals surface area contributed by atoms with Gasteiger partial charge in [0, 0.05) is 40.0 Å². The molecule has 0 heterocycles. The minimum Gasteiger partial charge on any atom is -0.394 e. The van der Waals surface area contributed by atoms with Crippen molar-refractivity contribution >= 4 is 0 Å². The standard InChI is InChI=1S/C9H20O3.3C3H8O.Ti/c1-7(2)11-6-9(5,10)12-8(3)4;3*1-3(2)4;/h7-8,10H,6H2,1-5H3;3*3-4H,1-2H3;. The molecule has 0 aromatic carbocycles.